The van der Waals surface area contributed by atoms with Crippen molar-refractivity contribution >= 4 is 17.7 Å². The summed E-state index contributed by atoms with van der Waals surface area (Å²) in [4.78, 5) is 21.8. The molecule has 4 aliphatic rings. The highest BCUT2D eigenvalue weighted by atomic mass is 16.5. The predicted octanol–water partition coefficient (Wildman–Crippen LogP) is 1.85. The van der Waals surface area contributed by atoms with Crippen LogP contribution in [0.1, 0.15) is 34.1 Å². The summed E-state index contributed by atoms with van der Waals surface area (Å²) in [5.41, 5.74) is 0.635. The Morgan fingerprint density at radius 2 is 1.64 bits per heavy atom. The molecule has 0 radical (unpaired) electrons. The first-order valence-electron chi connectivity index (χ1n) is 7.76. The SMILES string of the molecule is CC1(C)[C@@H]2/C(=N/O)C(=O)OC[C@@H]21.CC1(C)[C@@H]2CC(=O)OC[C@@H]21. The van der Waals surface area contributed by atoms with Crippen molar-refractivity contribution in [3.05, 3.63) is 0 Å². The van der Waals surface area contributed by atoms with Gasteiger partial charge in [-0.05, 0) is 16.7 Å². The van der Waals surface area contributed by atoms with Crippen LogP contribution in [0.15, 0.2) is 5.16 Å². The second-order valence-corrected chi connectivity index (χ2v) is 7.91. The second-order valence-electron chi connectivity index (χ2n) is 7.91. The number of fused-ring (bicyclic) bond motifs is 2. The average molecular weight is 309 g/mol. The Labute approximate surface area is 129 Å². The van der Waals surface area contributed by atoms with Gasteiger partial charge in [0.1, 0.15) is 0 Å². The minimum Gasteiger partial charge on any atom is -0.465 e. The fourth-order valence-electron chi connectivity index (χ4n) is 4.08. The van der Waals surface area contributed by atoms with Crippen LogP contribution in [-0.2, 0) is 19.1 Å². The summed E-state index contributed by atoms with van der Waals surface area (Å²) in [5, 5.41) is 11.6. The standard InChI is InChI=1S/C8H11NO3.C8H12O2/c1-8(2)4-3-12-7(10)6(9-11)5(4)8;1-8(2)5-3-7(9)10-4-6(5)8/h4-5,11H,3H2,1-2H3;5-6H,3-4H2,1-2H3/b9-6-;/t4-,5-;5-,6+/m01/s1. The third kappa shape index (κ3) is 2.20. The van der Waals surface area contributed by atoms with Crippen LogP contribution in [0.4, 0.5) is 0 Å². The van der Waals surface area contributed by atoms with Crippen LogP contribution in [0, 0.1) is 34.5 Å². The number of hydrogen-bond donors (Lipinski definition) is 1. The van der Waals surface area contributed by atoms with Gasteiger partial charge in [0.25, 0.3) is 0 Å². The maximum absolute atomic E-state index is 11.0. The summed E-state index contributed by atoms with van der Waals surface area (Å²) in [6.45, 7) is 9.66. The molecule has 6 nitrogen and oxygen atoms in total. The molecule has 0 amide bonds. The van der Waals surface area contributed by atoms with E-state index in [1.165, 1.54) is 0 Å². The molecular weight excluding hydrogens is 286 g/mol. The predicted molar refractivity (Wildman–Crippen MR) is 77.3 cm³/mol. The van der Waals surface area contributed by atoms with E-state index >= 15 is 0 Å². The summed E-state index contributed by atoms with van der Waals surface area (Å²) in [7, 11) is 0. The Kier molecular flexibility index (Phi) is 3.27. The molecule has 1 N–H and O–H groups in total. The first kappa shape index (κ1) is 15.3. The lowest BCUT2D eigenvalue weighted by Crippen LogP contribution is -2.26. The van der Waals surface area contributed by atoms with E-state index in [9.17, 15) is 9.59 Å². The van der Waals surface area contributed by atoms with Gasteiger partial charge in [-0.25, -0.2) is 4.79 Å². The van der Waals surface area contributed by atoms with Crippen molar-refractivity contribution in [1.82, 2.24) is 0 Å². The van der Waals surface area contributed by atoms with E-state index in [1.54, 1.807) is 0 Å². The molecule has 0 aromatic rings. The fourth-order valence-corrected chi connectivity index (χ4v) is 4.08. The molecule has 0 unspecified atom stereocenters. The van der Waals surface area contributed by atoms with E-state index in [0.29, 0.717) is 42.8 Å². The minimum atomic E-state index is -0.468. The molecule has 4 fully saturated rings. The summed E-state index contributed by atoms with van der Waals surface area (Å²) in [5.74, 6) is 1.25. The van der Waals surface area contributed by atoms with Gasteiger partial charge < -0.3 is 14.7 Å². The molecule has 2 aliphatic carbocycles. The number of esters is 2. The molecule has 0 aromatic heterocycles. The fraction of sp³-hybridized carbons (Fsp3) is 0.812. The lowest BCUT2D eigenvalue weighted by Gasteiger charge is -2.09. The maximum atomic E-state index is 11.0. The van der Waals surface area contributed by atoms with Crippen LogP contribution < -0.4 is 0 Å². The Balaban J connectivity index is 0.000000133. The normalized spacial score (nSPS) is 41.2. The number of hydrogen-bond acceptors (Lipinski definition) is 6. The minimum absolute atomic E-state index is 0.00757. The van der Waals surface area contributed by atoms with Crippen molar-refractivity contribution in [3.63, 3.8) is 0 Å². The highest BCUT2D eigenvalue weighted by Gasteiger charge is 2.65. The van der Waals surface area contributed by atoms with Gasteiger partial charge >= 0.3 is 11.9 Å². The molecule has 0 spiro atoms. The lowest BCUT2D eigenvalue weighted by atomic mass is 10.1. The van der Waals surface area contributed by atoms with Crippen molar-refractivity contribution in [1.29, 1.82) is 0 Å². The molecule has 0 bridgehead atoms. The van der Waals surface area contributed by atoms with Gasteiger partial charge in [-0.15, -0.1) is 0 Å². The van der Waals surface area contributed by atoms with E-state index in [-0.39, 0.29) is 23.0 Å². The van der Waals surface area contributed by atoms with Crippen LogP contribution in [0.3, 0.4) is 0 Å². The third-order valence-corrected chi connectivity index (χ3v) is 6.15. The highest BCUT2D eigenvalue weighted by molar-refractivity contribution is 6.38. The number of oxime groups is 1. The molecule has 2 saturated heterocycles. The molecule has 6 heteroatoms. The van der Waals surface area contributed by atoms with Gasteiger partial charge in [0, 0.05) is 24.2 Å². The average Bonchev–Trinajstić information content (AvgIpc) is 3.21. The van der Waals surface area contributed by atoms with Crippen molar-refractivity contribution in [2.24, 2.45) is 39.7 Å². The first-order valence-corrected chi connectivity index (χ1v) is 7.76. The molecule has 22 heavy (non-hydrogen) atoms. The first-order chi connectivity index (χ1) is 10.2. The van der Waals surface area contributed by atoms with Gasteiger partial charge in [-0.1, -0.05) is 32.9 Å². The molecule has 0 aromatic carbocycles. The van der Waals surface area contributed by atoms with Gasteiger partial charge in [0.15, 0.2) is 5.71 Å². The maximum Gasteiger partial charge on any atom is 0.356 e. The van der Waals surface area contributed by atoms with Gasteiger partial charge in [-0.3, -0.25) is 4.79 Å². The zero-order valence-corrected chi connectivity index (χ0v) is 13.5. The van der Waals surface area contributed by atoms with E-state index in [0.717, 1.165) is 0 Å². The van der Waals surface area contributed by atoms with Crippen molar-refractivity contribution in [2.45, 2.75) is 34.1 Å². The monoisotopic (exact) mass is 309 g/mol. The molecular formula is C16H23NO5. The molecule has 2 aliphatic heterocycles. The zero-order chi connectivity index (χ0) is 16.3. The van der Waals surface area contributed by atoms with E-state index < -0.39 is 5.97 Å². The Bertz CT molecular complexity index is 551. The number of carbonyl (C=O) groups excluding carboxylic acids is 2. The zero-order valence-electron chi connectivity index (χ0n) is 13.5. The molecule has 2 heterocycles. The quantitative estimate of drug-likeness (QED) is 0.419. The van der Waals surface area contributed by atoms with Crippen molar-refractivity contribution < 1.29 is 24.3 Å². The molecule has 122 valence electrons. The molecule has 4 atom stereocenters. The van der Waals surface area contributed by atoms with Gasteiger partial charge in [-0.2, -0.15) is 0 Å². The van der Waals surface area contributed by atoms with E-state index in [4.69, 9.17) is 14.7 Å². The van der Waals surface area contributed by atoms with Gasteiger partial charge in [0.2, 0.25) is 0 Å². The second kappa shape index (κ2) is 4.70. The summed E-state index contributed by atoms with van der Waals surface area (Å²) in [6.07, 6.45) is 0.650. The topological polar surface area (TPSA) is 85.2 Å². The Hall–Kier alpha value is -1.59. The summed E-state index contributed by atoms with van der Waals surface area (Å²) in [6, 6.07) is 0. The lowest BCUT2D eigenvalue weighted by molar-refractivity contribution is -0.147. The van der Waals surface area contributed by atoms with Crippen molar-refractivity contribution in [2.75, 3.05) is 13.2 Å². The molecule has 2 saturated carbocycles. The van der Waals surface area contributed by atoms with E-state index in [2.05, 4.69) is 32.9 Å². The summed E-state index contributed by atoms with van der Waals surface area (Å²) < 4.78 is 9.77. The number of ether oxygens (including phenoxy) is 2. The number of nitrogens with zero attached hydrogens (tertiary/aromatic N) is 1. The van der Waals surface area contributed by atoms with Crippen LogP contribution in [0.2, 0.25) is 0 Å². The van der Waals surface area contributed by atoms with Crippen LogP contribution >= 0.6 is 0 Å². The van der Waals surface area contributed by atoms with E-state index in [1.807, 2.05) is 0 Å². The molecule has 4 rings (SSSR count). The Morgan fingerprint density at radius 3 is 2.14 bits per heavy atom. The van der Waals surface area contributed by atoms with Crippen LogP contribution in [-0.4, -0.2) is 36.1 Å². The van der Waals surface area contributed by atoms with Gasteiger partial charge in [0.05, 0.1) is 13.2 Å². The van der Waals surface area contributed by atoms with Crippen LogP contribution in [0.25, 0.3) is 0 Å². The summed E-state index contributed by atoms with van der Waals surface area (Å²) >= 11 is 0. The third-order valence-electron chi connectivity index (χ3n) is 6.15. The number of carbonyl (C=O) groups is 2. The number of cyclic esters (lactones) is 2. The smallest absolute Gasteiger partial charge is 0.356 e. The largest absolute Gasteiger partial charge is 0.465 e. The number of rotatable bonds is 0. The van der Waals surface area contributed by atoms with Crippen molar-refractivity contribution in [3.8, 4) is 0 Å². The highest BCUT2D eigenvalue weighted by Crippen LogP contribution is 2.61. The van der Waals surface area contributed by atoms with Crippen LogP contribution in [0.5, 0.6) is 0 Å². The Morgan fingerprint density at radius 1 is 1.00 bits per heavy atom.